The summed E-state index contributed by atoms with van der Waals surface area (Å²) in [5.41, 5.74) is 0. The van der Waals surface area contributed by atoms with E-state index in [1.807, 2.05) is 0 Å². The number of halogens is 1. The molecular formula is C2H6BIP. The van der Waals surface area contributed by atoms with E-state index in [1.54, 1.807) is 0 Å². The zero-order valence-electron chi connectivity index (χ0n) is 2.95. The van der Waals surface area contributed by atoms with Crippen LogP contribution < -0.4 is 0 Å². The van der Waals surface area contributed by atoms with Crippen LogP contribution in [0.25, 0.3) is 0 Å². The zero-order valence-corrected chi connectivity index (χ0v) is 6.26. The monoisotopic (exact) mass is 199 g/mol. The maximum atomic E-state index is 2.57. The summed E-state index contributed by atoms with van der Waals surface area (Å²) in [4.78, 5) is 0. The second-order valence-electron chi connectivity index (χ2n) is 0.713. The molecule has 0 spiro atoms. The highest BCUT2D eigenvalue weighted by Gasteiger charge is 1.73. The first kappa shape index (κ1) is 6.22. The van der Waals surface area contributed by atoms with Crippen molar-refractivity contribution in [2.75, 3.05) is 4.43 Å². The minimum atomic E-state index is 1.21. The Hall–Kier alpha value is 1.22. The summed E-state index contributed by atoms with van der Waals surface area (Å²) in [7, 11) is 2.57. The lowest BCUT2D eigenvalue weighted by atomic mass is 10.1. The summed E-state index contributed by atoms with van der Waals surface area (Å²) < 4.78 is 1.24. The molecule has 0 nitrogen and oxygen atoms in total. The molecule has 5 heavy (non-hydrogen) atoms. The van der Waals surface area contributed by atoms with Crippen LogP contribution in [0.5, 0.6) is 0 Å². The van der Waals surface area contributed by atoms with Gasteiger partial charge in [-0.15, -0.1) is 0 Å². The molecule has 29 valence electrons. The van der Waals surface area contributed by atoms with Crippen molar-refractivity contribution in [2.45, 2.75) is 6.32 Å². The molecule has 0 fully saturated rings. The minimum absolute atomic E-state index is 1.21. The Bertz CT molecular complexity index is 17.1. The van der Waals surface area contributed by atoms with Gasteiger partial charge in [0.25, 0.3) is 0 Å². The lowest BCUT2D eigenvalue weighted by Crippen LogP contribution is -1.72. The van der Waals surface area contributed by atoms with Crippen molar-refractivity contribution in [1.29, 1.82) is 0 Å². The Labute approximate surface area is 49.6 Å². The highest BCUT2D eigenvalue weighted by molar-refractivity contribution is 14.1. The maximum absolute atomic E-state index is 2.57. The molecule has 0 bridgehead atoms. The van der Waals surface area contributed by atoms with Gasteiger partial charge in [0.2, 0.25) is 0 Å². The van der Waals surface area contributed by atoms with E-state index in [0.717, 1.165) is 0 Å². The van der Waals surface area contributed by atoms with E-state index >= 15 is 0 Å². The molecule has 1 atom stereocenters. The summed E-state index contributed by atoms with van der Waals surface area (Å²) in [6.07, 6.45) is 1.21. The molecule has 0 heterocycles. The van der Waals surface area contributed by atoms with Gasteiger partial charge in [0, 0.05) is 0 Å². The van der Waals surface area contributed by atoms with E-state index in [2.05, 4.69) is 38.7 Å². The molecule has 0 aliphatic carbocycles. The molecule has 0 aliphatic heterocycles. The van der Waals surface area contributed by atoms with E-state index in [-0.39, 0.29) is 0 Å². The average Bonchev–Trinajstić information content (AvgIpc) is 1.41. The Morgan fingerprint density at radius 2 is 2.40 bits per heavy atom. The van der Waals surface area contributed by atoms with E-state index in [0.29, 0.717) is 0 Å². The van der Waals surface area contributed by atoms with Gasteiger partial charge >= 0.3 is 0 Å². The Morgan fingerprint density at radius 1 is 1.80 bits per heavy atom. The third-order valence-corrected chi connectivity index (χ3v) is 1.23. The highest BCUT2D eigenvalue weighted by atomic mass is 127. The van der Waals surface area contributed by atoms with Crippen molar-refractivity contribution < 1.29 is 0 Å². The largest absolute Gasteiger partial charge is 0.178 e. The lowest BCUT2D eigenvalue weighted by Gasteiger charge is -1.75. The molecule has 0 amide bonds. The Morgan fingerprint density at radius 3 is 2.40 bits per heavy atom. The van der Waals surface area contributed by atoms with Crippen LogP contribution in [0.2, 0.25) is 6.32 Å². The number of hydrogen-bond donors (Lipinski definition) is 0. The van der Waals surface area contributed by atoms with Crippen LogP contribution in [-0.2, 0) is 0 Å². The van der Waals surface area contributed by atoms with Crippen LogP contribution in [0.4, 0.5) is 0 Å². The van der Waals surface area contributed by atoms with E-state index < -0.39 is 0 Å². The highest BCUT2D eigenvalue weighted by Crippen LogP contribution is 1.89. The predicted molar refractivity (Wildman–Crippen MR) is 39.2 cm³/mol. The smallest absolute Gasteiger partial charge is 0.139 e. The number of rotatable bonds is 2. The molecule has 0 aliphatic rings. The van der Waals surface area contributed by atoms with Gasteiger partial charge < -0.3 is 0 Å². The van der Waals surface area contributed by atoms with Crippen molar-refractivity contribution in [2.24, 2.45) is 0 Å². The first-order chi connectivity index (χ1) is 2.41. The summed E-state index contributed by atoms with van der Waals surface area (Å²) in [6.45, 7) is 2.09. The molecule has 0 aromatic rings. The topological polar surface area (TPSA) is 0 Å². The van der Waals surface area contributed by atoms with Crippen molar-refractivity contribution in [3.8, 4) is 0 Å². The van der Waals surface area contributed by atoms with Gasteiger partial charge in [0.05, 0.1) is 0 Å². The van der Waals surface area contributed by atoms with Gasteiger partial charge in [-0.05, 0) is 4.43 Å². The SMILES string of the molecule is P[B]CCI. The van der Waals surface area contributed by atoms with Gasteiger partial charge in [-0.1, -0.05) is 28.9 Å². The molecule has 0 N–H and O–H groups in total. The van der Waals surface area contributed by atoms with E-state index in [1.165, 1.54) is 10.7 Å². The van der Waals surface area contributed by atoms with Crippen LogP contribution in [0.15, 0.2) is 0 Å². The van der Waals surface area contributed by atoms with Crippen LogP contribution in [0.1, 0.15) is 0 Å². The average molecular weight is 199 g/mol. The van der Waals surface area contributed by atoms with Crippen LogP contribution in [-0.4, -0.2) is 11.4 Å². The van der Waals surface area contributed by atoms with Gasteiger partial charge in [-0.25, -0.2) is 0 Å². The summed E-state index contributed by atoms with van der Waals surface area (Å²) in [5.74, 6) is 0. The third kappa shape index (κ3) is 5.22. The second kappa shape index (κ2) is 5.22. The molecule has 0 saturated carbocycles. The molecule has 0 aromatic carbocycles. The molecule has 0 rings (SSSR count). The quantitative estimate of drug-likeness (QED) is 0.272. The van der Waals surface area contributed by atoms with Crippen LogP contribution in [0, 0.1) is 0 Å². The Balaban J connectivity index is 2.19. The third-order valence-electron chi connectivity index (χ3n) is 0.276. The first-order valence-corrected chi connectivity index (χ1v) is 3.70. The summed E-state index contributed by atoms with van der Waals surface area (Å²) in [5, 5.41) is 0. The van der Waals surface area contributed by atoms with Crippen molar-refractivity contribution in [3.63, 3.8) is 0 Å². The Kier molecular flexibility index (Phi) is 6.50. The van der Waals surface area contributed by atoms with Crippen molar-refractivity contribution in [3.05, 3.63) is 0 Å². The fourth-order valence-electron chi connectivity index (χ4n) is 0.0630. The van der Waals surface area contributed by atoms with Gasteiger partial charge in [0.15, 0.2) is 0 Å². The standard InChI is InChI=1S/C2H6BIP/c4-2-1-3-5/h1-2,5H2. The van der Waals surface area contributed by atoms with E-state index in [9.17, 15) is 0 Å². The van der Waals surface area contributed by atoms with Gasteiger partial charge in [-0.3, -0.25) is 0 Å². The van der Waals surface area contributed by atoms with Gasteiger partial charge in [-0.2, -0.15) is 9.12 Å². The molecule has 0 saturated heterocycles. The van der Waals surface area contributed by atoms with Gasteiger partial charge in [0.1, 0.15) is 7.00 Å². The molecular weight excluding hydrogens is 193 g/mol. The van der Waals surface area contributed by atoms with Crippen molar-refractivity contribution in [1.82, 2.24) is 0 Å². The number of alkyl halides is 1. The summed E-state index contributed by atoms with van der Waals surface area (Å²) >= 11 is 2.34. The fourth-order valence-corrected chi connectivity index (χ4v) is 1.27. The molecule has 1 unspecified atom stereocenters. The maximum Gasteiger partial charge on any atom is 0.139 e. The second-order valence-corrected chi connectivity index (χ2v) is 2.26. The van der Waals surface area contributed by atoms with Crippen LogP contribution >= 0.6 is 31.7 Å². The van der Waals surface area contributed by atoms with Crippen LogP contribution in [0.3, 0.4) is 0 Å². The predicted octanol–water partition coefficient (Wildman–Crippen LogP) is 1.33. The lowest BCUT2D eigenvalue weighted by molar-refractivity contribution is 1.55. The van der Waals surface area contributed by atoms with E-state index in [4.69, 9.17) is 0 Å². The number of hydrogen-bond acceptors (Lipinski definition) is 0. The zero-order chi connectivity index (χ0) is 4.12. The minimum Gasteiger partial charge on any atom is -0.178 e. The first-order valence-electron chi connectivity index (χ1n) is 1.51. The fraction of sp³-hybridized carbons (Fsp3) is 1.00. The molecule has 3 heteroatoms. The molecule has 1 radical (unpaired) electrons. The van der Waals surface area contributed by atoms with Crippen molar-refractivity contribution >= 4 is 38.7 Å². The molecule has 0 aromatic heterocycles. The summed E-state index contributed by atoms with van der Waals surface area (Å²) in [6, 6.07) is 0. The normalized spacial score (nSPS) is 7.60.